The fourth-order valence-electron chi connectivity index (χ4n) is 3.00. The average Bonchev–Trinajstić information content (AvgIpc) is 2.48. The lowest BCUT2D eigenvalue weighted by Crippen LogP contribution is -2.60. The lowest BCUT2D eigenvalue weighted by molar-refractivity contribution is -0.160. The highest BCUT2D eigenvalue weighted by molar-refractivity contribution is 5.82. The summed E-state index contributed by atoms with van der Waals surface area (Å²) in [6, 6.07) is 0. The third-order valence-corrected chi connectivity index (χ3v) is 4.53. The van der Waals surface area contributed by atoms with Crippen LogP contribution in [0.5, 0.6) is 0 Å². The number of amides is 3. The molecule has 1 aliphatic rings. The number of carbonyl (C=O) groups is 3. The molecule has 0 aromatic heterocycles. The van der Waals surface area contributed by atoms with Crippen molar-refractivity contribution in [2.45, 2.75) is 88.0 Å². The summed E-state index contributed by atoms with van der Waals surface area (Å²) in [7, 11) is 0. The van der Waals surface area contributed by atoms with Crippen LogP contribution in [0.3, 0.4) is 0 Å². The summed E-state index contributed by atoms with van der Waals surface area (Å²) in [5.41, 5.74) is -0.222. The van der Waals surface area contributed by atoms with Gasteiger partial charge in [0.05, 0.1) is 20.0 Å². The second kappa shape index (κ2) is 8.83. The number of rotatable bonds is 4. The molecule has 0 radical (unpaired) electrons. The van der Waals surface area contributed by atoms with Crippen LogP contribution in [0.4, 0.5) is 0 Å². The minimum Gasteiger partial charge on any atom is -0.307 e. The molecule has 0 N–H and O–H groups in total. The molecule has 0 atom stereocenters. The summed E-state index contributed by atoms with van der Waals surface area (Å²) in [6.07, 6.45) is 1.97. The maximum Gasteiger partial charge on any atom is 0.225 e. The molecule has 6 heteroatoms. The van der Waals surface area contributed by atoms with E-state index in [0.29, 0.717) is 19.3 Å². The van der Waals surface area contributed by atoms with Gasteiger partial charge in [-0.15, -0.1) is 0 Å². The first-order chi connectivity index (χ1) is 12.5. The van der Waals surface area contributed by atoms with Crippen LogP contribution >= 0.6 is 0 Å². The third-order valence-electron chi connectivity index (χ3n) is 4.53. The standard InChI is InChI=1S/C22H41N3O3/c1-20(2,3)11-10-17(26)23-14-24(18(27)12-21(4,5)6)16-25(15-23)19(28)13-22(7,8)9/h10-16H2,1-9H3. The molecule has 0 spiro atoms. The van der Waals surface area contributed by atoms with E-state index in [4.69, 9.17) is 0 Å². The van der Waals surface area contributed by atoms with Gasteiger partial charge in [-0.2, -0.15) is 0 Å². The molecule has 0 aromatic carbocycles. The van der Waals surface area contributed by atoms with Gasteiger partial charge in [-0.05, 0) is 22.7 Å². The van der Waals surface area contributed by atoms with Gasteiger partial charge in [-0.25, -0.2) is 0 Å². The van der Waals surface area contributed by atoms with E-state index < -0.39 is 0 Å². The zero-order valence-corrected chi connectivity index (χ0v) is 19.5. The Morgan fingerprint density at radius 2 is 0.893 bits per heavy atom. The molecular weight excluding hydrogens is 354 g/mol. The Labute approximate surface area is 171 Å². The molecule has 0 aliphatic carbocycles. The molecule has 1 saturated heterocycles. The van der Waals surface area contributed by atoms with Crippen LogP contribution in [0.15, 0.2) is 0 Å². The maximum absolute atomic E-state index is 12.8. The molecule has 1 fully saturated rings. The summed E-state index contributed by atoms with van der Waals surface area (Å²) < 4.78 is 0. The zero-order chi connectivity index (χ0) is 21.9. The number of hydrogen-bond acceptors (Lipinski definition) is 3. The average molecular weight is 396 g/mol. The van der Waals surface area contributed by atoms with E-state index in [1.165, 1.54) is 0 Å². The zero-order valence-electron chi connectivity index (χ0n) is 19.5. The van der Waals surface area contributed by atoms with Gasteiger partial charge in [0.2, 0.25) is 17.7 Å². The molecule has 162 valence electrons. The lowest BCUT2D eigenvalue weighted by Gasteiger charge is -2.43. The third kappa shape index (κ3) is 9.07. The summed E-state index contributed by atoms with van der Waals surface area (Å²) in [4.78, 5) is 43.3. The topological polar surface area (TPSA) is 60.9 Å². The summed E-state index contributed by atoms with van der Waals surface area (Å²) in [5.74, 6) is -0.0412. The van der Waals surface area contributed by atoms with Gasteiger partial charge < -0.3 is 14.7 Å². The summed E-state index contributed by atoms with van der Waals surface area (Å²) >= 11 is 0. The van der Waals surface area contributed by atoms with Crippen molar-refractivity contribution in [1.29, 1.82) is 0 Å². The molecular formula is C22H41N3O3. The van der Waals surface area contributed by atoms with Gasteiger partial charge in [-0.3, -0.25) is 14.4 Å². The van der Waals surface area contributed by atoms with Gasteiger partial charge in [0.25, 0.3) is 0 Å². The highest BCUT2D eigenvalue weighted by atomic mass is 16.2. The van der Waals surface area contributed by atoms with Crippen LogP contribution in [0.1, 0.15) is 88.0 Å². The van der Waals surface area contributed by atoms with Crippen molar-refractivity contribution in [2.24, 2.45) is 16.2 Å². The second-order valence-electron chi connectivity index (χ2n) is 11.8. The second-order valence-corrected chi connectivity index (χ2v) is 11.8. The molecule has 28 heavy (non-hydrogen) atoms. The first-order valence-electron chi connectivity index (χ1n) is 10.3. The SMILES string of the molecule is CC(C)(C)CCC(=O)N1CN(C(=O)CC(C)(C)C)CN(C(=O)CC(C)(C)C)C1. The first-order valence-corrected chi connectivity index (χ1v) is 10.3. The lowest BCUT2D eigenvalue weighted by atomic mass is 9.90. The summed E-state index contributed by atoms with van der Waals surface area (Å²) in [6.45, 7) is 19.2. The van der Waals surface area contributed by atoms with Gasteiger partial charge in [-0.1, -0.05) is 62.3 Å². The van der Waals surface area contributed by atoms with Crippen LogP contribution in [-0.2, 0) is 14.4 Å². The fourth-order valence-corrected chi connectivity index (χ4v) is 3.00. The van der Waals surface area contributed by atoms with Crippen molar-refractivity contribution >= 4 is 17.7 Å². The largest absolute Gasteiger partial charge is 0.307 e. The van der Waals surface area contributed by atoms with E-state index in [9.17, 15) is 14.4 Å². The predicted octanol–water partition coefficient (Wildman–Crippen LogP) is 4.06. The van der Waals surface area contributed by atoms with Crippen molar-refractivity contribution in [1.82, 2.24) is 14.7 Å². The Hall–Kier alpha value is -1.59. The molecule has 1 aliphatic heterocycles. The fraction of sp³-hybridized carbons (Fsp3) is 0.864. The number of carbonyl (C=O) groups excluding carboxylic acids is 3. The first kappa shape index (κ1) is 24.4. The van der Waals surface area contributed by atoms with Crippen LogP contribution in [0, 0.1) is 16.2 Å². The Morgan fingerprint density at radius 3 is 1.18 bits per heavy atom. The smallest absolute Gasteiger partial charge is 0.225 e. The van der Waals surface area contributed by atoms with Crippen molar-refractivity contribution < 1.29 is 14.4 Å². The maximum atomic E-state index is 12.8. The Balaban J connectivity index is 2.95. The Kier molecular flexibility index (Phi) is 7.71. The molecule has 0 saturated carbocycles. The van der Waals surface area contributed by atoms with Crippen molar-refractivity contribution in [3.8, 4) is 0 Å². The van der Waals surface area contributed by atoms with E-state index in [1.807, 2.05) is 41.5 Å². The predicted molar refractivity (Wildman–Crippen MR) is 112 cm³/mol. The molecule has 3 amide bonds. The van der Waals surface area contributed by atoms with Crippen LogP contribution in [-0.4, -0.2) is 52.4 Å². The minimum absolute atomic E-state index is 0.00302. The number of nitrogens with zero attached hydrogens (tertiary/aromatic N) is 3. The molecule has 1 rings (SSSR count). The van der Waals surface area contributed by atoms with Gasteiger partial charge >= 0.3 is 0 Å². The van der Waals surface area contributed by atoms with E-state index in [-0.39, 0.29) is 54.0 Å². The quantitative estimate of drug-likeness (QED) is 0.721. The van der Waals surface area contributed by atoms with Crippen molar-refractivity contribution in [3.05, 3.63) is 0 Å². The van der Waals surface area contributed by atoms with Crippen molar-refractivity contribution in [2.75, 3.05) is 20.0 Å². The Bertz CT molecular complexity index is 543. The van der Waals surface area contributed by atoms with Crippen LogP contribution in [0.2, 0.25) is 0 Å². The molecule has 1 heterocycles. The van der Waals surface area contributed by atoms with Gasteiger partial charge in [0.15, 0.2) is 0 Å². The molecule has 0 bridgehead atoms. The van der Waals surface area contributed by atoms with Gasteiger partial charge in [0, 0.05) is 19.3 Å². The normalized spacial score (nSPS) is 16.4. The minimum atomic E-state index is -0.143. The van der Waals surface area contributed by atoms with E-state index >= 15 is 0 Å². The van der Waals surface area contributed by atoms with Gasteiger partial charge in [0.1, 0.15) is 0 Å². The highest BCUT2D eigenvalue weighted by Crippen LogP contribution is 2.25. The van der Waals surface area contributed by atoms with Crippen molar-refractivity contribution in [3.63, 3.8) is 0 Å². The summed E-state index contributed by atoms with van der Waals surface area (Å²) in [5, 5.41) is 0. The molecule has 0 unspecified atom stereocenters. The molecule has 6 nitrogen and oxygen atoms in total. The highest BCUT2D eigenvalue weighted by Gasteiger charge is 2.34. The molecule has 0 aromatic rings. The van der Waals surface area contributed by atoms with E-state index in [2.05, 4.69) is 20.8 Å². The van der Waals surface area contributed by atoms with E-state index in [1.54, 1.807) is 14.7 Å². The Morgan fingerprint density at radius 1 is 0.571 bits per heavy atom. The van der Waals surface area contributed by atoms with Crippen LogP contribution < -0.4 is 0 Å². The van der Waals surface area contributed by atoms with Crippen LogP contribution in [0.25, 0.3) is 0 Å². The monoisotopic (exact) mass is 395 g/mol. The number of hydrogen-bond donors (Lipinski definition) is 0. The van der Waals surface area contributed by atoms with E-state index in [0.717, 1.165) is 6.42 Å².